The first-order valence-corrected chi connectivity index (χ1v) is 11.7. The molecule has 0 fully saturated rings. The van der Waals surface area contributed by atoms with Gasteiger partial charge in [-0.3, -0.25) is 14.6 Å². The summed E-state index contributed by atoms with van der Waals surface area (Å²) in [6.45, 7) is 5.57. The van der Waals surface area contributed by atoms with Gasteiger partial charge < -0.3 is 15.4 Å². The predicted octanol–water partition coefficient (Wildman–Crippen LogP) is 4.92. The van der Waals surface area contributed by atoms with Crippen LogP contribution in [0.25, 0.3) is 0 Å². The Morgan fingerprint density at radius 2 is 1.76 bits per heavy atom. The zero-order valence-corrected chi connectivity index (χ0v) is 21.3. The number of aromatic nitrogens is 1. The largest absolute Gasteiger partial charge is 0.464 e. The lowest BCUT2D eigenvalue weighted by atomic mass is 9.74. The van der Waals surface area contributed by atoms with E-state index in [1.165, 1.54) is 12.4 Å². The number of nitrogens with zero attached hydrogens (tertiary/aromatic N) is 1. The van der Waals surface area contributed by atoms with Crippen LogP contribution in [-0.4, -0.2) is 35.3 Å². The van der Waals surface area contributed by atoms with E-state index in [4.69, 9.17) is 27.9 Å². The molecule has 1 heterocycles. The number of hydrogen-bond donors (Lipinski definition) is 2. The lowest BCUT2D eigenvalue weighted by Crippen LogP contribution is -2.50. The smallest absolute Gasteiger partial charge is 0.328 e. The maximum atomic E-state index is 12.6. The van der Waals surface area contributed by atoms with Crippen molar-refractivity contribution in [2.75, 3.05) is 11.9 Å². The van der Waals surface area contributed by atoms with Gasteiger partial charge >= 0.3 is 5.97 Å². The molecule has 7 nitrogen and oxygen atoms in total. The van der Waals surface area contributed by atoms with Crippen LogP contribution in [0.15, 0.2) is 46.8 Å². The van der Waals surface area contributed by atoms with Crippen molar-refractivity contribution in [1.29, 1.82) is 0 Å². The number of esters is 1. The Hall–Kier alpha value is -2.42. The van der Waals surface area contributed by atoms with Crippen molar-refractivity contribution >= 4 is 62.5 Å². The van der Waals surface area contributed by atoms with Gasteiger partial charge in [-0.2, -0.15) is 0 Å². The number of nitrogens with one attached hydrogen (secondary N) is 2. The summed E-state index contributed by atoms with van der Waals surface area (Å²) >= 11 is 15.4. The van der Waals surface area contributed by atoms with Crippen LogP contribution in [0, 0.1) is 5.41 Å². The minimum atomic E-state index is -0.701. The maximum absolute atomic E-state index is 12.6. The molecule has 2 N–H and O–H groups in total. The first-order chi connectivity index (χ1) is 15.6. The van der Waals surface area contributed by atoms with Gasteiger partial charge in [0.15, 0.2) is 5.78 Å². The molecule has 0 unspecified atom stereocenters. The van der Waals surface area contributed by atoms with Crippen LogP contribution in [0.4, 0.5) is 5.69 Å². The summed E-state index contributed by atoms with van der Waals surface area (Å²) in [7, 11) is 0. The van der Waals surface area contributed by atoms with Gasteiger partial charge in [-0.05, 0) is 54.4 Å². The van der Waals surface area contributed by atoms with Crippen molar-refractivity contribution in [1.82, 2.24) is 10.3 Å². The number of ketones is 1. The highest BCUT2D eigenvalue weighted by atomic mass is 79.9. The van der Waals surface area contributed by atoms with E-state index in [1.807, 2.05) is 0 Å². The quantitative estimate of drug-likeness (QED) is 0.449. The van der Waals surface area contributed by atoms with E-state index in [1.54, 1.807) is 45.0 Å². The third-order valence-electron chi connectivity index (χ3n) is 5.23. The van der Waals surface area contributed by atoms with Gasteiger partial charge in [-0.1, -0.05) is 35.3 Å². The average Bonchev–Trinajstić information content (AvgIpc) is 2.76. The fourth-order valence-corrected chi connectivity index (χ4v) is 4.99. The number of ether oxygens (including phenoxy) is 1. The van der Waals surface area contributed by atoms with E-state index in [2.05, 4.69) is 31.5 Å². The molecule has 2 aromatic rings. The highest BCUT2D eigenvalue weighted by Crippen LogP contribution is 2.43. The fourth-order valence-electron chi connectivity index (χ4n) is 3.35. The number of carbonyl (C=O) groups excluding carboxylic acids is 3. The van der Waals surface area contributed by atoms with Crippen molar-refractivity contribution in [3.63, 3.8) is 0 Å². The van der Waals surface area contributed by atoms with Crippen molar-refractivity contribution in [3.8, 4) is 0 Å². The Balaban J connectivity index is 1.73. The lowest BCUT2D eigenvalue weighted by molar-refractivity contribution is -0.145. The summed E-state index contributed by atoms with van der Waals surface area (Å²) in [6, 6.07) is 6.32. The third kappa shape index (κ3) is 5.39. The molecule has 33 heavy (non-hydrogen) atoms. The second kappa shape index (κ2) is 10.2. The van der Waals surface area contributed by atoms with E-state index >= 15 is 0 Å². The molecular formula is C23H22BrCl2N3O4. The number of anilines is 1. The molecule has 10 heteroatoms. The number of rotatable bonds is 8. The molecule has 3 rings (SSSR count). The Kier molecular flexibility index (Phi) is 7.82. The van der Waals surface area contributed by atoms with Gasteiger partial charge in [-0.15, -0.1) is 0 Å². The van der Waals surface area contributed by atoms with E-state index in [0.29, 0.717) is 22.3 Å². The topological polar surface area (TPSA) is 97.4 Å². The Labute approximate surface area is 210 Å². The lowest BCUT2D eigenvalue weighted by Gasteiger charge is -2.38. The van der Waals surface area contributed by atoms with Gasteiger partial charge in [0.1, 0.15) is 6.04 Å². The van der Waals surface area contributed by atoms with Gasteiger partial charge in [0.05, 0.1) is 32.1 Å². The normalized spacial score (nSPS) is 15.5. The molecule has 0 saturated carbocycles. The summed E-state index contributed by atoms with van der Waals surface area (Å²) in [6.07, 6.45) is 3.01. The molecule has 1 aromatic carbocycles. The molecule has 1 aliphatic carbocycles. The van der Waals surface area contributed by atoms with Crippen LogP contribution in [-0.2, 0) is 20.7 Å². The summed E-state index contributed by atoms with van der Waals surface area (Å²) in [5.74, 6) is -0.901. The zero-order valence-electron chi connectivity index (χ0n) is 18.2. The van der Waals surface area contributed by atoms with Crippen LogP contribution in [0.1, 0.15) is 36.7 Å². The van der Waals surface area contributed by atoms with Crippen LogP contribution in [0.3, 0.4) is 0 Å². The minimum absolute atomic E-state index is 0.0258. The molecule has 174 valence electrons. The van der Waals surface area contributed by atoms with Crippen LogP contribution in [0.5, 0.6) is 0 Å². The number of benzene rings is 1. The standard InChI is InChI=1S/C23H22BrCl2N3O4/c1-4-33-22(32)16(29-19-18(24)20(30)23(19,2)3)9-12-5-7-13(8-6-12)28-21(31)17-14(25)10-27-11-15(17)26/h5-8,10-11,16,29H,4,9H2,1-3H3,(H,28,31)/t16-/m0/s1. The van der Waals surface area contributed by atoms with Crippen molar-refractivity contribution < 1.29 is 19.1 Å². The Bertz CT molecular complexity index is 1110. The van der Waals surface area contributed by atoms with Crippen molar-refractivity contribution in [2.24, 2.45) is 5.41 Å². The number of carbonyl (C=O) groups is 3. The van der Waals surface area contributed by atoms with E-state index < -0.39 is 23.3 Å². The summed E-state index contributed by atoms with van der Waals surface area (Å²) in [5.41, 5.74) is 1.47. The molecule has 0 radical (unpaired) electrons. The molecule has 1 amide bonds. The summed E-state index contributed by atoms with van der Waals surface area (Å²) < 4.78 is 5.65. The zero-order chi connectivity index (χ0) is 24.3. The molecule has 0 spiro atoms. The van der Waals surface area contributed by atoms with Crippen LogP contribution >= 0.6 is 39.1 Å². The number of amides is 1. The molecule has 1 atom stereocenters. The van der Waals surface area contributed by atoms with Gasteiger partial charge in [0, 0.05) is 30.2 Å². The third-order valence-corrected chi connectivity index (χ3v) is 6.56. The average molecular weight is 555 g/mol. The molecule has 1 aromatic heterocycles. The number of allylic oxidation sites excluding steroid dienone is 2. The monoisotopic (exact) mass is 553 g/mol. The number of pyridine rings is 1. The number of halogens is 3. The van der Waals surface area contributed by atoms with E-state index in [9.17, 15) is 14.4 Å². The highest BCUT2D eigenvalue weighted by Gasteiger charge is 2.46. The van der Waals surface area contributed by atoms with E-state index in [0.717, 1.165) is 5.56 Å². The maximum Gasteiger partial charge on any atom is 0.328 e. The molecule has 0 aliphatic heterocycles. The fraction of sp³-hybridized carbons (Fsp3) is 0.304. The molecule has 1 aliphatic rings. The van der Waals surface area contributed by atoms with Gasteiger partial charge in [-0.25, -0.2) is 4.79 Å². The SMILES string of the molecule is CCOC(=O)[C@H](Cc1ccc(NC(=O)c2c(Cl)cncc2Cl)cc1)NC1=C(Br)C(=O)C1(C)C. The Morgan fingerprint density at radius 3 is 2.30 bits per heavy atom. The number of hydrogen-bond acceptors (Lipinski definition) is 6. The second-order valence-corrected chi connectivity index (χ2v) is 9.53. The van der Waals surface area contributed by atoms with Gasteiger partial charge in [0.25, 0.3) is 5.91 Å². The molecular weight excluding hydrogens is 533 g/mol. The molecule has 0 saturated heterocycles. The van der Waals surface area contributed by atoms with Crippen molar-refractivity contribution in [2.45, 2.75) is 33.2 Å². The van der Waals surface area contributed by atoms with Crippen LogP contribution < -0.4 is 10.6 Å². The second-order valence-electron chi connectivity index (χ2n) is 7.93. The first-order valence-electron chi connectivity index (χ1n) is 10.1. The molecule has 0 bridgehead atoms. The van der Waals surface area contributed by atoms with Crippen molar-refractivity contribution in [3.05, 3.63) is 68.0 Å². The van der Waals surface area contributed by atoms with E-state index in [-0.39, 0.29) is 28.0 Å². The summed E-state index contributed by atoms with van der Waals surface area (Å²) in [4.78, 5) is 41.0. The van der Waals surface area contributed by atoms with Gasteiger partial charge in [0.2, 0.25) is 0 Å². The minimum Gasteiger partial charge on any atom is -0.464 e. The van der Waals surface area contributed by atoms with Crippen LogP contribution in [0.2, 0.25) is 10.0 Å². The summed E-state index contributed by atoms with van der Waals surface area (Å²) in [5, 5.41) is 6.21. The number of Topliss-reactive ketones (excluding diaryl/α,β-unsaturated/α-hetero) is 1. The Morgan fingerprint density at radius 1 is 1.15 bits per heavy atom. The highest BCUT2D eigenvalue weighted by molar-refractivity contribution is 9.12. The first kappa shape index (κ1) is 25.2. The predicted molar refractivity (Wildman–Crippen MR) is 131 cm³/mol.